The number of hydrogen-bond acceptors (Lipinski definition) is 5. The Hall–Kier alpha value is -2.14. The molecule has 0 fully saturated rings. The zero-order chi connectivity index (χ0) is 14.0. The number of rotatable bonds is 2. The van der Waals surface area contributed by atoms with Gasteiger partial charge in [-0.3, -0.25) is 5.21 Å². The Bertz CT molecular complexity index is 576. The van der Waals surface area contributed by atoms with Crippen LogP contribution in [0.4, 0.5) is 5.69 Å². The van der Waals surface area contributed by atoms with Crippen LogP contribution in [0.1, 0.15) is 18.1 Å². The van der Waals surface area contributed by atoms with E-state index in [4.69, 9.17) is 0 Å². The van der Waals surface area contributed by atoms with Crippen LogP contribution in [0.15, 0.2) is 46.3 Å². The van der Waals surface area contributed by atoms with Gasteiger partial charge in [-0.05, 0) is 61.8 Å². The van der Waals surface area contributed by atoms with Crippen LogP contribution in [0.2, 0.25) is 0 Å². The van der Waals surface area contributed by atoms with Gasteiger partial charge in [-0.2, -0.15) is 10.2 Å². The molecule has 1 aliphatic rings. The van der Waals surface area contributed by atoms with Crippen LogP contribution < -0.4 is 0 Å². The third-order valence-corrected chi connectivity index (χ3v) is 2.97. The Morgan fingerprint density at radius 1 is 1.16 bits per heavy atom. The smallest absolute Gasteiger partial charge is 0.184 e. The first kappa shape index (κ1) is 13.3. The fourth-order valence-electron chi connectivity index (χ4n) is 1.75. The van der Waals surface area contributed by atoms with E-state index in [-0.39, 0.29) is 5.75 Å². The molecule has 1 atom stereocenters. The lowest BCUT2D eigenvalue weighted by atomic mass is 10.1. The van der Waals surface area contributed by atoms with Crippen molar-refractivity contribution in [1.29, 1.82) is 0 Å². The van der Waals surface area contributed by atoms with E-state index in [0.29, 0.717) is 5.69 Å². The predicted octanol–water partition coefficient (Wildman–Crippen LogP) is 3.58. The Kier molecular flexibility index (Phi) is 3.66. The standard InChI is InChI=1S/C14H17N3O2/c1-9-4-5-17(19)14(6-9)16-15-12-7-11(3)13(18)8-10(12)2/h4-8,14,18-19H,1-3H3. The van der Waals surface area contributed by atoms with Crippen molar-refractivity contribution in [2.45, 2.75) is 26.9 Å². The second kappa shape index (κ2) is 5.24. The molecule has 0 spiro atoms. The number of hydrogen-bond donors (Lipinski definition) is 2. The van der Waals surface area contributed by atoms with Crippen molar-refractivity contribution in [3.63, 3.8) is 0 Å². The number of allylic oxidation sites excluding steroid dienone is 2. The molecule has 0 radical (unpaired) electrons. The van der Waals surface area contributed by atoms with Crippen molar-refractivity contribution in [2.24, 2.45) is 10.2 Å². The SMILES string of the molecule is CC1=CC(N=Nc2cc(C)c(O)cc2C)N(O)C=C1. The summed E-state index contributed by atoms with van der Waals surface area (Å²) < 4.78 is 0. The van der Waals surface area contributed by atoms with E-state index in [1.165, 1.54) is 0 Å². The molecule has 5 nitrogen and oxygen atoms in total. The quantitative estimate of drug-likeness (QED) is 0.797. The highest BCUT2D eigenvalue weighted by Gasteiger charge is 2.13. The molecule has 100 valence electrons. The van der Waals surface area contributed by atoms with E-state index in [1.54, 1.807) is 31.3 Å². The number of benzene rings is 1. The van der Waals surface area contributed by atoms with Gasteiger partial charge in [-0.15, -0.1) is 0 Å². The molecule has 1 aromatic rings. The predicted molar refractivity (Wildman–Crippen MR) is 72.4 cm³/mol. The zero-order valence-corrected chi connectivity index (χ0v) is 11.2. The van der Waals surface area contributed by atoms with Gasteiger partial charge in [0.2, 0.25) is 0 Å². The number of phenols is 1. The number of azo groups is 1. The van der Waals surface area contributed by atoms with Crippen molar-refractivity contribution in [3.8, 4) is 5.75 Å². The summed E-state index contributed by atoms with van der Waals surface area (Å²) in [6.45, 7) is 5.59. The molecule has 5 heteroatoms. The molecule has 1 aliphatic heterocycles. The molecule has 1 unspecified atom stereocenters. The van der Waals surface area contributed by atoms with Crippen molar-refractivity contribution in [2.75, 3.05) is 0 Å². The summed E-state index contributed by atoms with van der Waals surface area (Å²) in [7, 11) is 0. The van der Waals surface area contributed by atoms with Crippen LogP contribution in [-0.4, -0.2) is 21.5 Å². The molecule has 0 aliphatic carbocycles. The first-order chi connectivity index (χ1) is 8.97. The van der Waals surface area contributed by atoms with Gasteiger partial charge in [0.15, 0.2) is 6.17 Å². The molecule has 1 aromatic carbocycles. The molecule has 0 saturated heterocycles. The highest BCUT2D eigenvalue weighted by molar-refractivity contribution is 5.52. The number of phenolic OH excluding ortho intramolecular Hbond substituents is 1. The minimum atomic E-state index is -0.515. The maximum atomic E-state index is 9.64. The minimum Gasteiger partial charge on any atom is -0.508 e. The lowest BCUT2D eigenvalue weighted by molar-refractivity contribution is -0.0651. The first-order valence-electron chi connectivity index (χ1n) is 6.02. The Morgan fingerprint density at radius 3 is 2.63 bits per heavy atom. The molecule has 0 aromatic heterocycles. The Balaban J connectivity index is 2.24. The Morgan fingerprint density at radius 2 is 1.89 bits per heavy atom. The maximum absolute atomic E-state index is 9.64. The van der Waals surface area contributed by atoms with E-state index in [0.717, 1.165) is 21.8 Å². The largest absolute Gasteiger partial charge is 0.508 e. The minimum absolute atomic E-state index is 0.247. The first-order valence-corrected chi connectivity index (χ1v) is 6.02. The molecule has 19 heavy (non-hydrogen) atoms. The molecule has 0 saturated carbocycles. The molecule has 0 amide bonds. The van der Waals surface area contributed by atoms with Gasteiger partial charge < -0.3 is 5.11 Å². The summed E-state index contributed by atoms with van der Waals surface area (Å²) in [4.78, 5) is 0. The van der Waals surface area contributed by atoms with Crippen molar-refractivity contribution < 1.29 is 10.3 Å². The van der Waals surface area contributed by atoms with E-state index in [1.807, 2.05) is 19.9 Å². The van der Waals surface area contributed by atoms with Crippen molar-refractivity contribution in [1.82, 2.24) is 5.06 Å². The van der Waals surface area contributed by atoms with Crippen LogP contribution in [0.25, 0.3) is 0 Å². The average Bonchev–Trinajstić information content (AvgIpc) is 2.36. The number of nitrogens with zero attached hydrogens (tertiary/aromatic N) is 3. The maximum Gasteiger partial charge on any atom is 0.184 e. The number of aromatic hydroxyl groups is 1. The van der Waals surface area contributed by atoms with E-state index in [9.17, 15) is 10.3 Å². The van der Waals surface area contributed by atoms with E-state index in [2.05, 4.69) is 10.2 Å². The molecule has 0 bridgehead atoms. The van der Waals surface area contributed by atoms with Crippen LogP contribution in [0, 0.1) is 13.8 Å². The van der Waals surface area contributed by atoms with Gasteiger partial charge in [0.05, 0.1) is 5.69 Å². The summed E-state index contributed by atoms with van der Waals surface area (Å²) in [5.41, 5.74) is 3.29. The molecular formula is C14H17N3O2. The lowest BCUT2D eigenvalue weighted by Crippen LogP contribution is -2.25. The summed E-state index contributed by atoms with van der Waals surface area (Å²) in [6, 6.07) is 3.42. The molecule has 2 N–H and O–H groups in total. The topological polar surface area (TPSA) is 68.4 Å². The zero-order valence-electron chi connectivity index (χ0n) is 11.2. The number of hydroxylamine groups is 2. The van der Waals surface area contributed by atoms with Gasteiger partial charge >= 0.3 is 0 Å². The van der Waals surface area contributed by atoms with Gasteiger partial charge in [-0.1, -0.05) is 0 Å². The summed E-state index contributed by atoms with van der Waals surface area (Å²) >= 11 is 0. The summed E-state index contributed by atoms with van der Waals surface area (Å²) in [5.74, 6) is 0.247. The highest BCUT2D eigenvalue weighted by Crippen LogP contribution is 2.28. The fraction of sp³-hybridized carbons (Fsp3) is 0.286. The van der Waals surface area contributed by atoms with Gasteiger partial charge in [0.1, 0.15) is 5.75 Å². The van der Waals surface area contributed by atoms with Crippen LogP contribution in [0.5, 0.6) is 5.75 Å². The van der Waals surface area contributed by atoms with E-state index >= 15 is 0 Å². The van der Waals surface area contributed by atoms with E-state index < -0.39 is 6.17 Å². The second-order valence-electron chi connectivity index (χ2n) is 4.66. The molecular weight excluding hydrogens is 242 g/mol. The summed E-state index contributed by atoms with van der Waals surface area (Å²) in [6.07, 6.45) is 4.64. The fourth-order valence-corrected chi connectivity index (χ4v) is 1.75. The van der Waals surface area contributed by atoms with Crippen molar-refractivity contribution >= 4 is 5.69 Å². The van der Waals surface area contributed by atoms with Gasteiger partial charge in [0, 0.05) is 6.20 Å². The lowest BCUT2D eigenvalue weighted by Gasteiger charge is -2.20. The molecule has 1 heterocycles. The summed E-state index contributed by atoms with van der Waals surface area (Å²) in [5, 5.41) is 28.5. The average molecular weight is 259 g/mol. The monoisotopic (exact) mass is 259 g/mol. The Labute approximate surface area is 112 Å². The van der Waals surface area contributed by atoms with Crippen LogP contribution in [0.3, 0.4) is 0 Å². The normalized spacial score (nSPS) is 19.1. The van der Waals surface area contributed by atoms with Crippen LogP contribution in [-0.2, 0) is 0 Å². The third-order valence-electron chi connectivity index (χ3n) is 2.97. The van der Waals surface area contributed by atoms with Gasteiger partial charge in [0.25, 0.3) is 0 Å². The molecule has 2 rings (SSSR count). The third kappa shape index (κ3) is 3.00. The van der Waals surface area contributed by atoms with Gasteiger partial charge in [-0.25, -0.2) is 5.06 Å². The van der Waals surface area contributed by atoms with Crippen molar-refractivity contribution in [3.05, 3.63) is 47.2 Å². The number of aryl methyl sites for hydroxylation is 2. The van der Waals surface area contributed by atoms with Crippen LogP contribution >= 0.6 is 0 Å². The highest BCUT2D eigenvalue weighted by atomic mass is 16.5. The second-order valence-corrected chi connectivity index (χ2v) is 4.66.